The Morgan fingerprint density at radius 3 is 2.24 bits per heavy atom. The molecule has 2 amide bonds. The Labute approximate surface area is 183 Å². The number of nitrogens with zero attached hydrogens (tertiary/aromatic N) is 1. The van der Waals surface area contributed by atoms with E-state index in [-0.39, 0.29) is 23.6 Å². The fraction of sp³-hybridized carbons (Fsp3) is 0.391. The number of thioether (sulfide) groups is 1. The van der Waals surface area contributed by atoms with Gasteiger partial charge in [-0.05, 0) is 57.0 Å². The number of amides is 2. The predicted molar refractivity (Wildman–Crippen MR) is 121 cm³/mol. The molecule has 0 aliphatic heterocycles. The number of carbonyl (C=O) groups is 2. The predicted octanol–water partition coefficient (Wildman–Crippen LogP) is 5.07. The van der Waals surface area contributed by atoms with Crippen LogP contribution in [-0.2, 0) is 16.1 Å². The molecule has 156 valence electrons. The molecule has 0 aliphatic carbocycles. The fourth-order valence-electron chi connectivity index (χ4n) is 2.95. The van der Waals surface area contributed by atoms with E-state index in [4.69, 9.17) is 11.6 Å². The number of hydrogen-bond donors (Lipinski definition) is 1. The zero-order chi connectivity index (χ0) is 21.4. The van der Waals surface area contributed by atoms with E-state index in [9.17, 15) is 9.59 Å². The maximum atomic E-state index is 13.1. The minimum absolute atomic E-state index is 0.0194. The second-order valence-electron chi connectivity index (χ2n) is 7.34. The van der Waals surface area contributed by atoms with Crippen LogP contribution in [0.4, 0.5) is 0 Å². The van der Waals surface area contributed by atoms with E-state index >= 15 is 0 Å². The van der Waals surface area contributed by atoms with Crippen LogP contribution in [0.2, 0.25) is 5.02 Å². The Morgan fingerprint density at radius 2 is 1.69 bits per heavy atom. The molecule has 0 aromatic heterocycles. The molecule has 2 aromatic carbocycles. The van der Waals surface area contributed by atoms with E-state index in [1.807, 2.05) is 64.1 Å². The highest BCUT2D eigenvalue weighted by atomic mass is 35.5. The first kappa shape index (κ1) is 23.3. The van der Waals surface area contributed by atoms with Gasteiger partial charge in [0.25, 0.3) is 0 Å². The molecular weight excluding hydrogens is 404 g/mol. The lowest BCUT2D eigenvalue weighted by molar-refractivity contribution is -0.139. The lowest BCUT2D eigenvalue weighted by Gasteiger charge is -2.31. The average molecular weight is 433 g/mol. The summed E-state index contributed by atoms with van der Waals surface area (Å²) in [6.07, 6.45) is 0.549. The number of halogens is 1. The van der Waals surface area contributed by atoms with Crippen molar-refractivity contribution in [3.63, 3.8) is 0 Å². The van der Waals surface area contributed by atoms with Gasteiger partial charge in [0.15, 0.2) is 0 Å². The molecule has 0 radical (unpaired) electrons. The minimum atomic E-state index is -0.515. The van der Waals surface area contributed by atoms with Crippen LogP contribution in [0.25, 0.3) is 0 Å². The number of carbonyl (C=O) groups excluding carboxylic acids is 2. The Bertz CT molecular complexity index is 807. The van der Waals surface area contributed by atoms with Crippen LogP contribution in [0.5, 0.6) is 0 Å². The third-order valence-electron chi connectivity index (χ3n) is 4.47. The first-order valence-corrected chi connectivity index (χ1v) is 11.2. The van der Waals surface area contributed by atoms with E-state index in [1.165, 1.54) is 17.3 Å². The second-order valence-corrected chi connectivity index (χ2v) is 8.82. The third kappa shape index (κ3) is 7.41. The van der Waals surface area contributed by atoms with Crippen molar-refractivity contribution in [3.05, 3.63) is 64.7 Å². The SMILES string of the molecule is CCC(C(=O)NC(C)C)N(Cc1ccc(Cl)cc1)C(=O)CSc1ccc(C)cc1. The van der Waals surface area contributed by atoms with Gasteiger partial charge in [-0.15, -0.1) is 11.8 Å². The number of aryl methyl sites for hydroxylation is 1. The monoisotopic (exact) mass is 432 g/mol. The number of benzene rings is 2. The highest BCUT2D eigenvalue weighted by Crippen LogP contribution is 2.21. The summed E-state index contributed by atoms with van der Waals surface area (Å²) < 4.78 is 0. The molecule has 0 fully saturated rings. The standard InChI is InChI=1S/C23H29ClN2O2S/c1-5-21(23(28)25-16(2)3)26(14-18-8-10-19(24)11-9-18)22(27)15-29-20-12-6-17(4)7-13-20/h6-13,16,21H,5,14-15H2,1-4H3,(H,25,28). The lowest BCUT2D eigenvalue weighted by atomic mass is 10.1. The van der Waals surface area contributed by atoms with Gasteiger partial charge in [-0.2, -0.15) is 0 Å². The molecule has 1 unspecified atom stereocenters. The highest BCUT2D eigenvalue weighted by molar-refractivity contribution is 8.00. The smallest absolute Gasteiger partial charge is 0.243 e. The van der Waals surface area contributed by atoms with E-state index in [1.54, 1.807) is 17.0 Å². The van der Waals surface area contributed by atoms with Gasteiger partial charge in [-0.25, -0.2) is 0 Å². The molecule has 0 bridgehead atoms. The van der Waals surface area contributed by atoms with E-state index in [0.29, 0.717) is 18.0 Å². The second kappa shape index (κ2) is 11.3. The molecule has 0 saturated heterocycles. The van der Waals surface area contributed by atoms with Gasteiger partial charge in [0.05, 0.1) is 5.75 Å². The topological polar surface area (TPSA) is 49.4 Å². The molecule has 0 saturated carbocycles. The van der Waals surface area contributed by atoms with E-state index in [2.05, 4.69) is 5.32 Å². The lowest BCUT2D eigenvalue weighted by Crippen LogP contribution is -2.50. The number of nitrogens with one attached hydrogen (secondary N) is 1. The Hall–Kier alpha value is -1.98. The maximum absolute atomic E-state index is 13.1. The number of hydrogen-bond acceptors (Lipinski definition) is 3. The molecule has 2 aromatic rings. The Balaban J connectivity index is 2.18. The molecule has 29 heavy (non-hydrogen) atoms. The molecule has 2 rings (SSSR count). The summed E-state index contributed by atoms with van der Waals surface area (Å²) in [5.74, 6) is 0.101. The van der Waals surface area contributed by atoms with Crippen LogP contribution < -0.4 is 5.32 Å². The van der Waals surface area contributed by atoms with Crippen molar-refractivity contribution in [2.45, 2.75) is 57.6 Å². The van der Waals surface area contributed by atoms with Crippen LogP contribution in [0.1, 0.15) is 38.3 Å². The van der Waals surface area contributed by atoms with Crippen molar-refractivity contribution in [2.75, 3.05) is 5.75 Å². The molecule has 6 heteroatoms. The minimum Gasteiger partial charge on any atom is -0.352 e. The Kier molecular flexibility index (Phi) is 9.05. The summed E-state index contributed by atoms with van der Waals surface area (Å²) in [4.78, 5) is 28.6. The quantitative estimate of drug-likeness (QED) is 0.562. The first-order chi connectivity index (χ1) is 13.8. The van der Waals surface area contributed by atoms with Gasteiger partial charge in [-0.1, -0.05) is 48.4 Å². The van der Waals surface area contributed by atoms with Gasteiger partial charge >= 0.3 is 0 Å². The maximum Gasteiger partial charge on any atom is 0.243 e. The highest BCUT2D eigenvalue weighted by Gasteiger charge is 2.28. The van der Waals surface area contributed by atoms with Crippen LogP contribution in [0.15, 0.2) is 53.4 Å². The Morgan fingerprint density at radius 1 is 1.07 bits per heavy atom. The molecule has 1 atom stereocenters. The van der Waals surface area contributed by atoms with Gasteiger partial charge in [-0.3, -0.25) is 9.59 Å². The normalized spacial score (nSPS) is 11.9. The van der Waals surface area contributed by atoms with Gasteiger partial charge in [0.1, 0.15) is 6.04 Å². The van der Waals surface area contributed by atoms with Gasteiger partial charge in [0, 0.05) is 22.5 Å². The largest absolute Gasteiger partial charge is 0.352 e. The average Bonchev–Trinajstić information content (AvgIpc) is 2.68. The zero-order valence-corrected chi connectivity index (χ0v) is 19.0. The number of rotatable bonds is 9. The summed E-state index contributed by atoms with van der Waals surface area (Å²) >= 11 is 7.48. The van der Waals surface area contributed by atoms with Crippen molar-refractivity contribution in [2.24, 2.45) is 0 Å². The summed E-state index contributed by atoms with van der Waals surface area (Å²) in [6, 6.07) is 15.0. The van der Waals surface area contributed by atoms with Crippen molar-refractivity contribution in [3.8, 4) is 0 Å². The summed E-state index contributed by atoms with van der Waals surface area (Å²) in [6.45, 7) is 8.17. The molecule has 1 N–H and O–H groups in total. The van der Waals surface area contributed by atoms with Crippen molar-refractivity contribution in [1.29, 1.82) is 0 Å². The summed E-state index contributed by atoms with van der Waals surface area (Å²) in [5, 5.41) is 3.59. The van der Waals surface area contributed by atoms with Crippen molar-refractivity contribution in [1.82, 2.24) is 10.2 Å². The van der Waals surface area contributed by atoms with Crippen LogP contribution in [0, 0.1) is 6.92 Å². The molecule has 0 spiro atoms. The molecule has 0 aliphatic rings. The van der Waals surface area contributed by atoms with E-state index < -0.39 is 6.04 Å². The van der Waals surface area contributed by atoms with Gasteiger partial charge in [0.2, 0.25) is 11.8 Å². The van der Waals surface area contributed by atoms with Gasteiger partial charge < -0.3 is 10.2 Å². The molecule has 4 nitrogen and oxygen atoms in total. The summed E-state index contributed by atoms with van der Waals surface area (Å²) in [7, 11) is 0. The van der Waals surface area contributed by atoms with Crippen LogP contribution in [0.3, 0.4) is 0 Å². The fourth-order valence-corrected chi connectivity index (χ4v) is 3.86. The summed E-state index contributed by atoms with van der Waals surface area (Å²) in [5.41, 5.74) is 2.13. The molecular formula is C23H29ClN2O2S. The van der Waals surface area contributed by atoms with E-state index in [0.717, 1.165) is 10.5 Å². The first-order valence-electron chi connectivity index (χ1n) is 9.84. The van der Waals surface area contributed by atoms with Crippen molar-refractivity contribution >= 4 is 35.2 Å². The van der Waals surface area contributed by atoms with Crippen LogP contribution in [-0.4, -0.2) is 34.6 Å². The van der Waals surface area contributed by atoms with Crippen molar-refractivity contribution < 1.29 is 9.59 Å². The molecule has 0 heterocycles. The van der Waals surface area contributed by atoms with Crippen LogP contribution >= 0.6 is 23.4 Å². The third-order valence-corrected chi connectivity index (χ3v) is 5.72. The zero-order valence-electron chi connectivity index (χ0n) is 17.4.